The molecular weight excluding hydrogens is 324 g/mol. The summed E-state index contributed by atoms with van der Waals surface area (Å²) < 4.78 is 21.0. The summed E-state index contributed by atoms with van der Waals surface area (Å²) in [6.07, 6.45) is 0. The van der Waals surface area contributed by atoms with Crippen molar-refractivity contribution in [2.24, 2.45) is 0 Å². The van der Waals surface area contributed by atoms with Crippen molar-refractivity contribution in [3.05, 3.63) is 53.6 Å². The fraction of sp³-hybridized carbons (Fsp3) is 0.263. The van der Waals surface area contributed by atoms with Gasteiger partial charge in [-0.15, -0.1) is 0 Å². The Balaban J connectivity index is 2.25. The molecule has 0 saturated heterocycles. The predicted molar refractivity (Wildman–Crippen MR) is 91.5 cm³/mol. The largest absolute Gasteiger partial charge is 0.493 e. The molecule has 2 rings (SSSR count). The maximum Gasteiger partial charge on any atom is 0.347 e. The van der Waals surface area contributed by atoms with E-state index in [4.69, 9.17) is 18.9 Å². The Morgan fingerprint density at radius 1 is 0.880 bits per heavy atom. The van der Waals surface area contributed by atoms with Crippen molar-refractivity contribution in [1.29, 1.82) is 0 Å². The molecule has 0 unspecified atom stereocenters. The number of hydrogen-bond donors (Lipinski definition) is 0. The standard InChI is InChI=1S/C19H20O6/c1-4-23-15-9-7-6-8-14(15)19(21)25-16-11-10-13(12-17(16)22-3)18(20)24-5-2/h6-12H,4-5H2,1-3H3. The Kier molecular flexibility index (Phi) is 6.39. The van der Waals surface area contributed by atoms with Gasteiger partial charge in [0.1, 0.15) is 11.3 Å². The van der Waals surface area contributed by atoms with E-state index in [2.05, 4.69) is 0 Å². The molecule has 0 radical (unpaired) electrons. The zero-order valence-corrected chi connectivity index (χ0v) is 14.4. The Morgan fingerprint density at radius 2 is 1.64 bits per heavy atom. The van der Waals surface area contributed by atoms with Crippen LogP contribution in [0.5, 0.6) is 17.2 Å². The van der Waals surface area contributed by atoms with Crippen LogP contribution >= 0.6 is 0 Å². The molecule has 2 aromatic rings. The number of rotatable bonds is 7. The van der Waals surface area contributed by atoms with Gasteiger partial charge in [-0.1, -0.05) is 12.1 Å². The van der Waals surface area contributed by atoms with E-state index in [0.717, 1.165) is 0 Å². The van der Waals surface area contributed by atoms with Gasteiger partial charge >= 0.3 is 11.9 Å². The van der Waals surface area contributed by atoms with Crippen LogP contribution in [0.15, 0.2) is 42.5 Å². The van der Waals surface area contributed by atoms with E-state index in [1.54, 1.807) is 31.2 Å². The number of hydrogen-bond acceptors (Lipinski definition) is 6. The topological polar surface area (TPSA) is 71.1 Å². The predicted octanol–water partition coefficient (Wildman–Crippen LogP) is 3.49. The molecule has 0 N–H and O–H groups in total. The van der Waals surface area contributed by atoms with Gasteiger partial charge in [-0.05, 0) is 44.2 Å². The fourth-order valence-electron chi connectivity index (χ4n) is 2.16. The smallest absolute Gasteiger partial charge is 0.347 e. The summed E-state index contributed by atoms with van der Waals surface area (Å²) in [4.78, 5) is 24.2. The molecule has 0 fully saturated rings. The average molecular weight is 344 g/mol. The van der Waals surface area contributed by atoms with Gasteiger partial charge < -0.3 is 18.9 Å². The molecule has 0 aliphatic heterocycles. The van der Waals surface area contributed by atoms with Gasteiger partial charge in [0.15, 0.2) is 11.5 Å². The summed E-state index contributed by atoms with van der Waals surface area (Å²) in [5.74, 6) is -0.150. The maximum absolute atomic E-state index is 12.4. The highest BCUT2D eigenvalue weighted by Crippen LogP contribution is 2.30. The quantitative estimate of drug-likeness (QED) is 0.566. The lowest BCUT2D eigenvalue weighted by Gasteiger charge is -2.12. The van der Waals surface area contributed by atoms with E-state index in [1.165, 1.54) is 25.3 Å². The highest BCUT2D eigenvalue weighted by Gasteiger charge is 2.18. The van der Waals surface area contributed by atoms with Gasteiger partial charge in [-0.3, -0.25) is 0 Å². The molecule has 0 aliphatic rings. The third kappa shape index (κ3) is 4.50. The zero-order chi connectivity index (χ0) is 18.2. The van der Waals surface area contributed by atoms with Crippen molar-refractivity contribution in [3.8, 4) is 17.2 Å². The van der Waals surface area contributed by atoms with Gasteiger partial charge in [-0.25, -0.2) is 9.59 Å². The monoisotopic (exact) mass is 344 g/mol. The first kappa shape index (κ1) is 18.3. The molecule has 6 nitrogen and oxygen atoms in total. The van der Waals surface area contributed by atoms with Crippen molar-refractivity contribution in [2.75, 3.05) is 20.3 Å². The molecule has 6 heteroatoms. The summed E-state index contributed by atoms with van der Waals surface area (Å²) in [6, 6.07) is 11.3. The second-order valence-corrected chi connectivity index (χ2v) is 4.90. The van der Waals surface area contributed by atoms with E-state index >= 15 is 0 Å². The maximum atomic E-state index is 12.4. The summed E-state index contributed by atoms with van der Waals surface area (Å²) in [5, 5.41) is 0. The first-order valence-corrected chi connectivity index (χ1v) is 7.89. The Labute approximate surface area is 146 Å². The number of benzene rings is 2. The number of esters is 2. The van der Waals surface area contributed by atoms with Crippen LogP contribution in [0.4, 0.5) is 0 Å². The summed E-state index contributed by atoms with van der Waals surface area (Å²) in [6.45, 7) is 4.26. The fourth-order valence-corrected chi connectivity index (χ4v) is 2.16. The third-order valence-electron chi connectivity index (χ3n) is 3.28. The molecule has 0 heterocycles. The van der Waals surface area contributed by atoms with Gasteiger partial charge in [0.05, 0.1) is 25.9 Å². The average Bonchev–Trinajstić information content (AvgIpc) is 2.63. The van der Waals surface area contributed by atoms with E-state index in [0.29, 0.717) is 23.5 Å². The highest BCUT2D eigenvalue weighted by molar-refractivity contribution is 5.95. The molecule has 0 spiro atoms. The van der Waals surface area contributed by atoms with E-state index < -0.39 is 11.9 Å². The molecular formula is C19H20O6. The Hall–Kier alpha value is -3.02. The summed E-state index contributed by atoms with van der Waals surface area (Å²) in [7, 11) is 1.43. The minimum Gasteiger partial charge on any atom is -0.493 e. The lowest BCUT2D eigenvalue weighted by Crippen LogP contribution is -2.12. The Bertz CT molecular complexity index is 753. The number of methoxy groups -OCH3 is 1. The van der Waals surface area contributed by atoms with E-state index in [9.17, 15) is 9.59 Å². The van der Waals surface area contributed by atoms with Crippen LogP contribution in [0.1, 0.15) is 34.6 Å². The lowest BCUT2D eigenvalue weighted by atomic mass is 10.2. The number of ether oxygens (including phenoxy) is 4. The third-order valence-corrected chi connectivity index (χ3v) is 3.28. The lowest BCUT2D eigenvalue weighted by molar-refractivity contribution is 0.0526. The minimum absolute atomic E-state index is 0.201. The van der Waals surface area contributed by atoms with Crippen molar-refractivity contribution < 1.29 is 28.5 Å². The van der Waals surface area contributed by atoms with Crippen LogP contribution in [0.2, 0.25) is 0 Å². The van der Waals surface area contributed by atoms with Crippen LogP contribution in [0.3, 0.4) is 0 Å². The van der Waals surface area contributed by atoms with Gasteiger partial charge in [0.25, 0.3) is 0 Å². The van der Waals surface area contributed by atoms with Crippen molar-refractivity contribution in [2.45, 2.75) is 13.8 Å². The SMILES string of the molecule is CCOC(=O)c1ccc(OC(=O)c2ccccc2OCC)c(OC)c1. The van der Waals surface area contributed by atoms with Crippen LogP contribution in [0.25, 0.3) is 0 Å². The van der Waals surface area contributed by atoms with Crippen molar-refractivity contribution in [1.82, 2.24) is 0 Å². The summed E-state index contributed by atoms with van der Waals surface area (Å²) in [5.41, 5.74) is 0.620. The van der Waals surface area contributed by atoms with Crippen molar-refractivity contribution >= 4 is 11.9 Å². The van der Waals surface area contributed by atoms with Gasteiger partial charge in [-0.2, -0.15) is 0 Å². The molecule has 0 aromatic heterocycles. The number of carbonyl (C=O) groups excluding carboxylic acids is 2. The molecule has 132 valence electrons. The van der Waals surface area contributed by atoms with Gasteiger partial charge in [0.2, 0.25) is 0 Å². The molecule has 25 heavy (non-hydrogen) atoms. The van der Waals surface area contributed by atoms with Crippen LogP contribution in [-0.2, 0) is 4.74 Å². The first-order chi connectivity index (χ1) is 12.1. The normalized spacial score (nSPS) is 10.0. The molecule has 0 saturated carbocycles. The molecule has 2 aromatic carbocycles. The molecule has 0 amide bonds. The molecule has 0 atom stereocenters. The Morgan fingerprint density at radius 3 is 2.32 bits per heavy atom. The second kappa shape index (κ2) is 8.73. The second-order valence-electron chi connectivity index (χ2n) is 4.90. The molecule has 0 aliphatic carbocycles. The molecule has 0 bridgehead atoms. The number of para-hydroxylation sites is 1. The van der Waals surface area contributed by atoms with Crippen LogP contribution in [0, 0.1) is 0 Å². The van der Waals surface area contributed by atoms with Crippen molar-refractivity contribution in [3.63, 3.8) is 0 Å². The van der Waals surface area contributed by atoms with Crippen LogP contribution < -0.4 is 14.2 Å². The highest BCUT2D eigenvalue weighted by atomic mass is 16.6. The minimum atomic E-state index is -0.578. The zero-order valence-electron chi connectivity index (χ0n) is 14.4. The first-order valence-electron chi connectivity index (χ1n) is 7.89. The van der Waals surface area contributed by atoms with Crippen LogP contribution in [-0.4, -0.2) is 32.3 Å². The van der Waals surface area contributed by atoms with E-state index in [-0.39, 0.29) is 18.1 Å². The van der Waals surface area contributed by atoms with E-state index in [1.807, 2.05) is 6.92 Å². The number of carbonyl (C=O) groups is 2. The van der Waals surface area contributed by atoms with Gasteiger partial charge in [0, 0.05) is 0 Å². The summed E-state index contributed by atoms with van der Waals surface area (Å²) >= 11 is 0.